The molecule has 2 aliphatic rings. The first-order chi connectivity index (χ1) is 11.7. The highest BCUT2D eigenvalue weighted by atomic mass is 16.6. The molecule has 24 heavy (non-hydrogen) atoms. The molecule has 1 aliphatic heterocycles. The van der Waals surface area contributed by atoms with Crippen molar-refractivity contribution in [3.8, 4) is 17.2 Å². The van der Waals surface area contributed by atoms with Gasteiger partial charge in [-0.05, 0) is 30.9 Å². The van der Waals surface area contributed by atoms with Crippen molar-refractivity contribution < 1.29 is 9.47 Å². The van der Waals surface area contributed by atoms with Crippen molar-refractivity contribution in [2.24, 2.45) is 5.92 Å². The van der Waals surface area contributed by atoms with Crippen LogP contribution in [0.4, 0.5) is 0 Å². The lowest BCUT2D eigenvalue weighted by atomic mass is 10.1. The van der Waals surface area contributed by atoms with Gasteiger partial charge in [0.1, 0.15) is 13.2 Å². The van der Waals surface area contributed by atoms with Crippen LogP contribution in [-0.2, 0) is 6.54 Å². The van der Waals surface area contributed by atoms with Crippen LogP contribution in [0.1, 0.15) is 25.7 Å². The van der Waals surface area contributed by atoms with Crippen LogP contribution < -0.4 is 20.6 Å². The minimum atomic E-state index is -0.535. The molecule has 1 aromatic heterocycles. The summed E-state index contributed by atoms with van der Waals surface area (Å²) in [5, 5.41) is 0. The van der Waals surface area contributed by atoms with E-state index in [9.17, 15) is 9.59 Å². The highest BCUT2D eigenvalue weighted by Crippen LogP contribution is 2.31. The van der Waals surface area contributed by atoms with E-state index in [1.165, 1.54) is 17.4 Å². The van der Waals surface area contributed by atoms with E-state index in [1.54, 1.807) is 35.2 Å². The van der Waals surface area contributed by atoms with Crippen molar-refractivity contribution in [2.75, 3.05) is 13.2 Å². The Morgan fingerprint density at radius 2 is 1.71 bits per heavy atom. The van der Waals surface area contributed by atoms with E-state index in [0.717, 1.165) is 12.8 Å². The van der Waals surface area contributed by atoms with E-state index in [1.807, 2.05) is 0 Å². The molecule has 0 saturated heterocycles. The van der Waals surface area contributed by atoms with Gasteiger partial charge in [0.25, 0.3) is 0 Å². The fourth-order valence-corrected chi connectivity index (χ4v) is 3.51. The Kier molecular flexibility index (Phi) is 3.88. The average molecular weight is 328 g/mol. The van der Waals surface area contributed by atoms with Gasteiger partial charge in [0.15, 0.2) is 11.5 Å². The fourth-order valence-electron chi connectivity index (χ4n) is 3.51. The van der Waals surface area contributed by atoms with Crippen molar-refractivity contribution >= 4 is 0 Å². The first kappa shape index (κ1) is 15.1. The molecular formula is C18H20N2O4. The van der Waals surface area contributed by atoms with Crippen molar-refractivity contribution in [3.05, 3.63) is 51.3 Å². The molecule has 0 spiro atoms. The number of hydrogen-bond donors (Lipinski definition) is 0. The van der Waals surface area contributed by atoms with E-state index < -0.39 is 11.1 Å². The topological polar surface area (TPSA) is 62.5 Å². The minimum absolute atomic E-state index is 0.473. The number of hydrogen-bond acceptors (Lipinski definition) is 4. The van der Waals surface area contributed by atoms with Gasteiger partial charge in [-0.25, -0.2) is 0 Å². The van der Waals surface area contributed by atoms with Crippen LogP contribution in [0.5, 0.6) is 11.5 Å². The zero-order valence-corrected chi connectivity index (χ0v) is 13.4. The SMILES string of the molecule is O=c1c(=O)n(-c2ccc3c(c2)OCCO3)ccn1CC1CCCC1. The van der Waals surface area contributed by atoms with E-state index in [-0.39, 0.29) is 0 Å². The van der Waals surface area contributed by atoms with Crippen molar-refractivity contribution in [3.63, 3.8) is 0 Å². The van der Waals surface area contributed by atoms with Gasteiger partial charge >= 0.3 is 11.1 Å². The molecule has 6 nitrogen and oxygen atoms in total. The third-order valence-electron chi connectivity index (χ3n) is 4.79. The molecule has 126 valence electrons. The summed E-state index contributed by atoms with van der Waals surface area (Å²) in [6.07, 6.45) is 8.07. The fraction of sp³-hybridized carbons (Fsp3) is 0.444. The summed E-state index contributed by atoms with van der Waals surface area (Å²) in [5.74, 6) is 1.76. The average Bonchev–Trinajstić information content (AvgIpc) is 3.12. The molecule has 2 aromatic rings. The summed E-state index contributed by atoms with van der Waals surface area (Å²) in [6.45, 7) is 1.63. The summed E-state index contributed by atoms with van der Waals surface area (Å²) in [5.41, 5.74) is -0.402. The third kappa shape index (κ3) is 2.72. The Morgan fingerprint density at radius 3 is 2.50 bits per heavy atom. The minimum Gasteiger partial charge on any atom is -0.486 e. The lowest BCUT2D eigenvalue weighted by Gasteiger charge is -2.19. The maximum atomic E-state index is 12.5. The maximum absolute atomic E-state index is 12.5. The number of fused-ring (bicyclic) bond motifs is 1. The van der Waals surface area contributed by atoms with Crippen molar-refractivity contribution in [1.29, 1.82) is 0 Å². The van der Waals surface area contributed by atoms with Crippen LogP contribution in [0.15, 0.2) is 40.2 Å². The van der Waals surface area contributed by atoms with Gasteiger partial charge in [0.2, 0.25) is 0 Å². The number of aromatic nitrogens is 2. The molecule has 0 atom stereocenters. The zero-order valence-electron chi connectivity index (χ0n) is 13.4. The number of benzene rings is 1. The number of rotatable bonds is 3. The quantitative estimate of drug-likeness (QED) is 0.808. The molecule has 0 radical (unpaired) electrons. The Balaban J connectivity index is 1.67. The van der Waals surface area contributed by atoms with Crippen LogP contribution >= 0.6 is 0 Å². The monoisotopic (exact) mass is 328 g/mol. The number of nitrogens with zero attached hydrogens (tertiary/aromatic N) is 2. The Bertz CT molecular complexity index is 862. The van der Waals surface area contributed by atoms with Gasteiger partial charge in [-0.3, -0.25) is 14.2 Å². The van der Waals surface area contributed by atoms with Gasteiger partial charge in [0.05, 0.1) is 5.69 Å². The molecule has 0 bridgehead atoms. The van der Waals surface area contributed by atoms with E-state index >= 15 is 0 Å². The molecule has 2 heterocycles. The normalized spacial score (nSPS) is 17.2. The Labute approximate surface area is 139 Å². The lowest BCUT2D eigenvalue weighted by Crippen LogP contribution is -2.40. The predicted molar refractivity (Wildman–Crippen MR) is 89.2 cm³/mol. The van der Waals surface area contributed by atoms with Gasteiger partial charge in [-0.2, -0.15) is 0 Å². The van der Waals surface area contributed by atoms with Crippen LogP contribution in [0.3, 0.4) is 0 Å². The second kappa shape index (κ2) is 6.19. The van der Waals surface area contributed by atoms with Crippen LogP contribution in [-0.4, -0.2) is 22.3 Å². The summed E-state index contributed by atoms with van der Waals surface area (Å²) in [7, 11) is 0. The summed E-state index contributed by atoms with van der Waals surface area (Å²) >= 11 is 0. The summed E-state index contributed by atoms with van der Waals surface area (Å²) < 4.78 is 13.9. The molecule has 0 unspecified atom stereocenters. The van der Waals surface area contributed by atoms with Crippen LogP contribution in [0.2, 0.25) is 0 Å². The molecule has 1 aliphatic carbocycles. The molecule has 1 saturated carbocycles. The van der Waals surface area contributed by atoms with Gasteiger partial charge in [0, 0.05) is 25.0 Å². The maximum Gasteiger partial charge on any atom is 0.320 e. The van der Waals surface area contributed by atoms with Crippen LogP contribution in [0.25, 0.3) is 5.69 Å². The van der Waals surface area contributed by atoms with Crippen molar-refractivity contribution in [2.45, 2.75) is 32.2 Å². The largest absolute Gasteiger partial charge is 0.486 e. The smallest absolute Gasteiger partial charge is 0.320 e. The first-order valence-corrected chi connectivity index (χ1v) is 8.44. The molecule has 4 rings (SSSR count). The molecular weight excluding hydrogens is 308 g/mol. The van der Waals surface area contributed by atoms with Gasteiger partial charge < -0.3 is 14.0 Å². The van der Waals surface area contributed by atoms with Crippen molar-refractivity contribution in [1.82, 2.24) is 9.13 Å². The Morgan fingerprint density at radius 1 is 0.958 bits per heavy atom. The first-order valence-electron chi connectivity index (χ1n) is 8.44. The van der Waals surface area contributed by atoms with E-state index in [0.29, 0.717) is 42.9 Å². The number of ether oxygens (including phenoxy) is 2. The Hall–Kier alpha value is -2.50. The van der Waals surface area contributed by atoms with Gasteiger partial charge in [-0.1, -0.05) is 12.8 Å². The second-order valence-electron chi connectivity index (χ2n) is 6.41. The summed E-state index contributed by atoms with van der Waals surface area (Å²) in [6, 6.07) is 5.26. The van der Waals surface area contributed by atoms with E-state index in [4.69, 9.17) is 9.47 Å². The van der Waals surface area contributed by atoms with Crippen LogP contribution in [0, 0.1) is 5.92 Å². The van der Waals surface area contributed by atoms with E-state index in [2.05, 4.69) is 0 Å². The second-order valence-corrected chi connectivity index (χ2v) is 6.41. The lowest BCUT2D eigenvalue weighted by molar-refractivity contribution is 0.171. The zero-order chi connectivity index (χ0) is 16.5. The third-order valence-corrected chi connectivity index (χ3v) is 4.79. The van der Waals surface area contributed by atoms with Gasteiger partial charge in [-0.15, -0.1) is 0 Å². The molecule has 1 fully saturated rings. The highest BCUT2D eigenvalue weighted by molar-refractivity contribution is 5.49. The molecule has 1 aromatic carbocycles. The predicted octanol–water partition coefficient (Wildman–Crippen LogP) is 1.96. The molecule has 0 amide bonds. The molecule has 0 N–H and O–H groups in total. The standard InChI is InChI=1S/C18H20N2O4/c21-17-18(22)20(8-7-19(17)12-13-3-1-2-4-13)14-5-6-15-16(11-14)24-10-9-23-15/h5-8,11,13H,1-4,9-10,12H2. The highest BCUT2D eigenvalue weighted by Gasteiger charge is 2.18. The summed E-state index contributed by atoms with van der Waals surface area (Å²) in [4.78, 5) is 24.9. The molecule has 6 heteroatoms.